The molecule has 2 aromatic heterocycles. The number of Topliss-reactive ketones (excluding diaryl/α,β-unsaturated/α-hetero) is 1. The maximum atomic E-state index is 14.1. The summed E-state index contributed by atoms with van der Waals surface area (Å²) >= 11 is 0. The maximum Gasteiger partial charge on any atom is 0.337 e. The Morgan fingerprint density at radius 3 is 2.79 bits per heavy atom. The number of hydrogen-bond donors (Lipinski definition) is 2. The van der Waals surface area contributed by atoms with Gasteiger partial charge < -0.3 is 24.2 Å². The Morgan fingerprint density at radius 1 is 1.15 bits per heavy atom. The number of fused-ring (bicyclic) bond motifs is 1. The summed E-state index contributed by atoms with van der Waals surface area (Å²) in [5, 5.41) is 4.37. The SMILES string of the molecule is COc1ccccc1[C@H]1CC(=O)C2=C(C1)NC(C)=C(C(=O)OCc1ncco1)C2(C)c1cccc2[nH]ccc12. The number of nitrogens with one attached hydrogen (secondary N) is 2. The molecule has 8 nitrogen and oxygen atoms in total. The molecular weight excluding hydrogens is 494 g/mol. The first-order valence-corrected chi connectivity index (χ1v) is 12.9. The monoisotopic (exact) mass is 523 g/mol. The average Bonchev–Trinajstić information content (AvgIpc) is 3.63. The Labute approximate surface area is 225 Å². The van der Waals surface area contributed by atoms with E-state index < -0.39 is 11.4 Å². The van der Waals surface area contributed by atoms with Crippen molar-refractivity contribution in [2.75, 3.05) is 7.11 Å². The van der Waals surface area contributed by atoms with Crippen molar-refractivity contribution in [2.45, 2.75) is 44.6 Å². The molecule has 0 saturated heterocycles. The number of allylic oxidation sites excluding steroid dienone is 3. The number of hydrogen-bond acceptors (Lipinski definition) is 7. The van der Waals surface area contributed by atoms with Gasteiger partial charge in [0.15, 0.2) is 12.4 Å². The third-order valence-corrected chi connectivity index (χ3v) is 7.90. The fourth-order valence-corrected chi connectivity index (χ4v) is 6.29. The quantitative estimate of drug-likeness (QED) is 0.324. The lowest BCUT2D eigenvalue weighted by Gasteiger charge is -2.43. The first-order valence-electron chi connectivity index (χ1n) is 12.9. The predicted molar refractivity (Wildman–Crippen MR) is 145 cm³/mol. The van der Waals surface area contributed by atoms with Crippen LogP contribution < -0.4 is 10.1 Å². The molecule has 0 radical (unpaired) electrons. The number of oxazole rings is 1. The van der Waals surface area contributed by atoms with Crippen molar-refractivity contribution >= 4 is 22.7 Å². The lowest BCUT2D eigenvalue weighted by Crippen LogP contribution is -2.45. The molecule has 0 saturated carbocycles. The van der Waals surface area contributed by atoms with Crippen LogP contribution in [0.3, 0.4) is 0 Å². The van der Waals surface area contributed by atoms with Crippen LogP contribution in [0, 0.1) is 0 Å². The highest BCUT2D eigenvalue weighted by Crippen LogP contribution is 2.51. The summed E-state index contributed by atoms with van der Waals surface area (Å²) < 4.78 is 16.6. The number of aromatic amines is 1. The third kappa shape index (κ3) is 4.03. The predicted octanol–water partition coefficient (Wildman–Crippen LogP) is 5.44. The molecule has 39 heavy (non-hydrogen) atoms. The van der Waals surface area contributed by atoms with Gasteiger partial charge in [-0.25, -0.2) is 9.78 Å². The summed E-state index contributed by atoms with van der Waals surface area (Å²) in [5.41, 5.74) is 4.18. The second kappa shape index (κ2) is 9.62. The number of rotatable bonds is 6. The molecule has 2 atom stereocenters. The highest BCUT2D eigenvalue weighted by molar-refractivity contribution is 6.07. The summed E-state index contributed by atoms with van der Waals surface area (Å²) in [6, 6.07) is 15.7. The van der Waals surface area contributed by atoms with Crippen LogP contribution in [0.1, 0.15) is 49.6 Å². The summed E-state index contributed by atoms with van der Waals surface area (Å²) in [7, 11) is 1.64. The zero-order chi connectivity index (χ0) is 27.1. The summed E-state index contributed by atoms with van der Waals surface area (Å²) in [5.74, 6) is 0.462. The van der Waals surface area contributed by atoms with Gasteiger partial charge in [-0.1, -0.05) is 30.3 Å². The van der Waals surface area contributed by atoms with Gasteiger partial charge in [-0.2, -0.15) is 0 Å². The number of carbonyl (C=O) groups is 2. The fourth-order valence-electron chi connectivity index (χ4n) is 6.29. The van der Waals surface area contributed by atoms with Crippen LogP contribution in [0.15, 0.2) is 94.1 Å². The van der Waals surface area contributed by atoms with Gasteiger partial charge in [-0.3, -0.25) is 4.79 Å². The number of esters is 1. The van der Waals surface area contributed by atoms with E-state index in [1.165, 1.54) is 12.5 Å². The zero-order valence-electron chi connectivity index (χ0n) is 22.0. The van der Waals surface area contributed by atoms with Gasteiger partial charge in [0.25, 0.3) is 0 Å². The Morgan fingerprint density at radius 2 is 2.00 bits per heavy atom. The van der Waals surface area contributed by atoms with Gasteiger partial charge in [-0.05, 0) is 49.6 Å². The fraction of sp³-hybridized carbons (Fsp3) is 0.258. The number of H-pyrrole nitrogens is 1. The van der Waals surface area contributed by atoms with E-state index in [0.29, 0.717) is 35.6 Å². The van der Waals surface area contributed by atoms with Crippen LogP contribution in [0.25, 0.3) is 10.9 Å². The van der Waals surface area contributed by atoms with E-state index in [1.807, 2.05) is 68.6 Å². The minimum atomic E-state index is -1.05. The summed E-state index contributed by atoms with van der Waals surface area (Å²) in [6.07, 6.45) is 5.71. The highest BCUT2D eigenvalue weighted by atomic mass is 16.5. The number of dihydropyridines is 1. The molecule has 8 heteroatoms. The standard InChI is InChI=1S/C31H29N3O5/c1-18-28(30(36)39-17-27-33-13-14-38-27)31(2,22-8-6-9-23-21(22)11-12-32-23)29-24(34-18)15-19(16-25(29)35)20-7-4-5-10-26(20)37-3/h4-14,19,32,34H,15-17H2,1-3H3/t19-,31?/m1/s1. The van der Waals surface area contributed by atoms with Crippen LogP contribution in [0.4, 0.5) is 0 Å². The van der Waals surface area contributed by atoms with Gasteiger partial charge in [0.05, 0.1) is 24.3 Å². The second-order valence-corrected chi connectivity index (χ2v) is 10.1. The van der Waals surface area contributed by atoms with E-state index in [0.717, 1.165) is 33.5 Å². The zero-order valence-corrected chi connectivity index (χ0v) is 22.0. The van der Waals surface area contributed by atoms with Crippen molar-refractivity contribution in [1.82, 2.24) is 15.3 Å². The normalized spacial score (nSPS) is 21.1. The molecule has 0 fully saturated rings. The second-order valence-electron chi connectivity index (χ2n) is 10.1. The molecule has 3 heterocycles. The molecule has 0 bridgehead atoms. The van der Waals surface area contributed by atoms with Crippen molar-refractivity contribution in [3.8, 4) is 5.75 Å². The highest BCUT2D eigenvalue weighted by Gasteiger charge is 2.50. The Kier molecular flexibility index (Phi) is 6.10. The number of nitrogens with zero attached hydrogens (tertiary/aromatic N) is 1. The molecule has 198 valence electrons. The Balaban J connectivity index is 1.48. The number of ether oxygens (including phenoxy) is 2. The Hall–Kier alpha value is -4.59. The van der Waals surface area contributed by atoms with E-state index in [1.54, 1.807) is 7.11 Å². The van der Waals surface area contributed by atoms with Gasteiger partial charge >= 0.3 is 5.97 Å². The van der Waals surface area contributed by atoms with E-state index in [2.05, 4.69) is 15.3 Å². The van der Waals surface area contributed by atoms with Gasteiger partial charge in [-0.15, -0.1) is 0 Å². The smallest absolute Gasteiger partial charge is 0.337 e. The number of aromatic nitrogens is 2. The van der Waals surface area contributed by atoms with Crippen LogP contribution in [0.5, 0.6) is 5.75 Å². The number of methoxy groups -OCH3 is 1. The maximum absolute atomic E-state index is 14.1. The van der Waals surface area contributed by atoms with E-state index in [4.69, 9.17) is 13.9 Å². The minimum absolute atomic E-state index is 0.0137. The summed E-state index contributed by atoms with van der Waals surface area (Å²) in [4.78, 5) is 35.2. The van der Waals surface area contributed by atoms with Crippen LogP contribution in [0.2, 0.25) is 0 Å². The number of para-hydroxylation sites is 1. The molecule has 1 aliphatic carbocycles. The van der Waals surface area contributed by atoms with E-state index >= 15 is 0 Å². The minimum Gasteiger partial charge on any atom is -0.496 e. The number of benzene rings is 2. The van der Waals surface area contributed by atoms with Crippen molar-refractivity contribution in [3.63, 3.8) is 0 Å². The topological polar surface area (TPSA) is 106 Å². The van der Waals surface area contributed by atoms with Gasteiger partial charge in [0, 0.05) is 46.4 Å². The van der Waals surface area contributed by atoms with Crippen molar-refractivity contribution in [2.24, 2.45) is 0 Å². The molecule has 0 spiro atoms. The first-order chi connectivity index (χ1) is 18.9. The van der Waals surface area contributed by atoms with Gasteiger partial charge in [0.2, 0.25) is 5.89 Å². The van der Waals surface area contributed by atoms with Gasteiger partial charge in [0.1, 0.15) is 12.0 Å². The molecule has 1 aliphatic heterocycles. The van der Waals surface area contributed by atoms with Crippen LogP contribution in [-0.4, -0.2) is 28.8 Å². The molecule has 2 aliphatic rings. The van der Waals surface area contributed by atoms with E-state index in [9.17, 15) is 9.59 Å². The lowest BCUT2D eigenvalue weighted by atomic mass is 9.62. The largest absolute Gasteiger partial charge is 0.496 e. The van der Waals surface area contributed by atoms with Crippen molar-refractivity contribution in [1.29, 1.82) is 0 Å². The first kappa shape index (κ1) is 24.7. The van der Waals surface area contributed by atoms with Crippen LogP contribution in [-0.2, 0) is 26.3 Å². The lowest BCUT2D eigenvalue weighted by molar-refractivity contribution is -0.141. The molecule has 2 N–H and O–H groups in total. The average molecular weight is 524 g/mol. The number of carbonyl (C=O) groups excluding carboxylic acids is 2. The molecule has 1 unspecified atom stereocenters. The molecular formula is C31H29N3O5. The number of ketones is 1. The van der Waals surface area contributed by atoms with Crippen molar-refractivity contribution in [3.05, 3.63) is 107 Å². The Bertz CT molecular complexity index is 1650. The van der Waals surface area contributed by atoms with Crippen molar-refractivity contribution < 1.29 is 23.5 Å². The molecule has 4 aromatic rings. The van der Waals surface area contributed by atoms with Crippen LogP contribution >= 0.6 is 0 Å². The van der Waals surface area contributed by atoms with E-state index in [-0.39, 0.29) is 18.3 Å². The summed E-state index contributed by atoms with van der Waals surface area (Å²) in [6.45, 7) is 3.71. The third-order valence-electron chi connectivity index (χ3n) is 7.90. The molecule has 0 amide bonds. The molecule has 2 aromatic carbocycles. The molecule has 6 rings (SSSR count).